The van der Waals surface area contributed by atoms with Crippen LogP contribution in [0.15, 0.2) is 40.6 Å². The number of amides is 1. The number of carbonyl (C=O) groups excluding carboxylic acids is 2. The van der Waals surface area contributed by atoms with Crippen LogP contribution in [0.5, 0.6) is 0 Å². The van der Waals surface area contributed by atoms with Crippen LogP contribution in [-0.2, 0) is 19.6 Å². The standard InChI is InChI=1S/C17H17FN2O5S2/c18-12-3-5-13(6-4-12)19-15(21)11-25-17(22)16-14(7-10-26-16)27(23,24)20-8-1-2-9-20/h3-7,10H,1-2,8-9,11H2,(H,19,21). The maximum atomic E-state index is 12.8. The molecule has 144 valence electrons. The highest BCUT2D eigenvalue weighted by Gasteiger charge is 2.32. The van der Waals surface area contributed by atoms with E-state index in [4.69, 9.17) is 4.74 Å². The lowest BCUT2D eigenvalue weighted by atomic mass is 10.3. The second-order valence-electron chi connectivity index (χ2n) is 5.86. The van der Waals surface area contributed by atoms with Gasteiger partial charge in [0.25, 0.3) is 5.91 Å². The second-order valence-corrected chi connectivity index (χ2v) is 8.68. The third kappa shape index (κ3) is 4.52. The molecule has 1 N–H and O–H groups in total. The van der Waals surface area contributed by atoms with Gasteiger partial charge < -0.3 is 10.1 Å². The first kappa shape index (κ1) is 19.5. The Kier molecular flexibility index (Phi) is 5.88. The molecule has 2 aromatic rings. The van der Waals surface area contributed by atoms with Gasteiger partial charge in [0.2, 0.25) is 10.0 Å². The van der Waals surface area contributed by atoms with E-state index in [1.165, 1.54) is 40.0 Å². The van der Waals surface area contributed by atoms with Crippen molar-refractivity contribution in [2.24, 2.45) is 0 Å². The Hall–Kier alpha value is -2.30. The summed E-state index contributed by atoms with van der Waals surface area (Å²) in [5.41, 5.74) is 0.353. The number of rotatable bonds is 6. The van der Waals surface area contributed by atoms with E-state index in [1.54, 1.807) is 0 Å². The zero-order valence-corrected chi connectivity index (χ0v) is 15.8. The minimum atomic E-state index is -3.76. The van der Waals surface area contributed by atoms with Crippen molar-refractivity contribution in [3.8, 4) is 0 Å². The summed E-state index contributed by atoms with van der Waals surface area (Å²) in [6.07, 6.45) is 1.57. The van der Waals surface area contributed by atoms with E-state index in [9.17, 15) is 22.4 Å². The molecule has 7 nitrogen and oxygen atoms in total. The van der Waals surface area contributed by atoms with E-state index in [0.717, 1.165) is 24.2 Å². The minimum absolute atomic E-state index is 0.0588. The number of halogens is 1. The molecule has 1 aliphatic heterocycles. The second kappa shape index (κ2) is 8.15. The van der Waals surface area contributed by atoms with Crippen molar-refractivity contribution < 1.29 is 27.1 Å². The zero-order valence-electron chi connectivity index (χ0n) is 14.2. The molecular formula is C17H17FN2O5S2. The summed E-state index contributed by atoms with van der Waals surface area (Å²) in [5.74, 6) is -1.93. The quantitative estimate of drug-likeness (QED) is 0.736. The number of nitrogens with one attached hydrogen (secondary N) is 1. The van der Waals surface area contributed by atoms with Gasteiger partial charge in [0.1, 0.15) is 15.6 Å². The Morgan fingerprint density at radius 2 is 1.81 bits per heavy atom. The fourth-order valence-electron chi connectivity index (χ4n) is 2.64. The van der Waals surface area contributed by atoms with Gasteiger partial charge in [-0.1, -0.05) is 0 Å². The van der Waals surface area contributed by atoms with Crippen molar-refractivity contribution in [1.82, 2.24) is 4.31 Å². The maximum absolute atomic E-state index is 12.8. The molecule has 1 amide bonds. The summed E-state index contributed by atoms with van der Waals surface area (Å²) in [6, 6.07) is 6.48. The molecule has 0 saturated carbocycles. The Morgan fingerprint density at radius 1 is 1.15 bits per heavy atom. The SMILES string of the molecule is O=C(COC(=O)c1sccc1S(=O)(=O)N1CCCC1)Nc1ccc(F)cc1. The van der Waals surface area contributed by atoms with Crippen LogP contribution in [0.4, 0.5) is 10.1 Å². The van der Waals surface area contributed by atoms with Crippen LogP contribution in [0.2, 0.25) is 0 Å². The van der Waals surface area contributed by atoms with Gasteiger partial charge in [-0.05, 0) is 48.6 Å². The van der Waals surface area contributed by atoms with Crippen molar-refractivity contribution in [1.29, 1.82) is 0 Å². The summed E-state index contributed by atoms with van der Waals surface area (Å²) in [5, 5.41) is 3.95. The highest BCUT2D eigenvalue weighted by molar-refractivity contribution is 7.89. The lowest BCUT2D eigenvalue weighted by molar-refractivity contribution is -0.119. The van der Waals surface area contributed by atoms with Gasteiger partial charge in [0.05, 0.1) is 0 Å². The predicted molar refractivity (Wildman–Crippen MR) is 97.6 cm³/mol. The maximum Gasteiger partial charge on any atom is 0.350 e. The predicted octanol–water partition coefficient (Wildman–Crippen LogP) is 2.47. The summed E-state index contributed by atoms with van der Waals surface area (Å²) >= 11 is 0.947. The van der Waals surface area contributed by atoms with Crippen molar-refractivity contribution in [3.05, 3.63) is 46.4 Å². The monoisotopic (exact) mass is 412 g/mol. The van der Waals surface area contributed by atoms with E-state index in [2.05, 4.69) is 5.32 Å². The van der Waals surface area contributed by atoms with E-state index in [-0.39, 0.29) is 9.77 Å². The van der Waals surface area contributed by atoms with Crippen molar-refractivity contribution in [2.75, 3.05) is 25.0 Å². The van der Waals surface area contributed by atoms with Gasteiger partial charge in [-0.15, -0.1) is 11.3 Å². The van der Waals surface area contributed by atoms with Crippen molar-refractivity contribution >= 4 is 38.9 Å². The summed E-state index contributed by atoms with van der Waals surface area (Å²) < 4.78 is 44.4. The van der Waals surface area contributed by atoms with Crippen LogP contribution >= 0.6 is 11.3 Å². The van der Waals surface area contributed by atoms with Crippen LogP contribution in [-0.4, -0.2) is 44.3 Å². The van der Waals surface area contributed by atoms with E-state index < -0.39 is 34.3 Å². The highest BCUT2D eigenvalue weighted by Crippen LogP contribution is 2.28. The molecule has 0 unspecified atom stereocenters. The first-order valence-electron chi connectivity index (χ1n) is 8.18. The molecule has 27 heavy (non-hydrogen) atoms. The summed E-state index contributed by atoms with van der Waals surface area (Å²) in [4.78, 5) is 24.0. The molecule has 0 atom stereocenters. The molecule has 0 bridgehead atoms. The van der Waals surface area contributed by atoms with Crippen LogP contribution in [0.3, 0.4) is 0 Å². The molecular weight excluding hydrogens is 395 g/mol. The van der Waals surface area contributed by atoms with Crippen LogP contribution in [0, 0.1) is 5.82 Å². The number of hydrogen-bond acceptors (Lipinski definition) is 6. The zero-order chi connectivity index (χ0) is 19.4. The molecule has 1 saturated heterocycles. The van der Waals surface area contributed by atoms with E-state index in [1.807, 2.05) is 0 Å². The average Bonchev–Trinajstić information content (AvgIpc) is 3.33. The molecule has 2 heterocycles. The normalized spacial score (nSPS) is 14.9. The number of anilines is 1. The molecule has 1 aromatic carbocycles. The lowest BCUT2D eigenvalue weighted by Gasteiger charge is -2.15. The topological polar surface area (TPSA) is 92.8 Å². The van der Waals surface area contributed by atoms with Gasteiger partial charge in [-0.2, -0.15) is 4.31 Å². The first-order chi connectivity index (χ1) is 12.9. The molecule has 1 aromatic heterocycles. The summed E-state index contributed by atoms with van der Waals surface area (Å²) in [6.45, 7) is 0.261. The molecule has 1 aliphatic rings. The minimum Gasteiger partial charge on any atom is -0.451 e. The number of carbonyl (C=O) groups is 2. The lowest BCUT2D eigenvalue weighted by Crippen LogP contribution is -2.29. The smallest absolute Gasteiger partial charge is 0.350 e. The number of ether oxygens (including phenoxy) is 1. The Balaban J connectivity index is 1.63. The van der Waals surface area contributed by atoms with Crippen LogP contribution < -0.4 is 5.32 Å². The van der Waals surface area contributed by atoms with E-state index >= 15 is 0 Å². The molecule has 0 spiro atoms. The molecule has 0 aliphatic carbocycles. The Labute approximate surface area is 159 Å². The number of sulfonamides is 1. The van der Waals surface area contributed by atoms with Gasteiger partial charge in [-0.3, -0.25) is 4.79 Å². The third-order valence-corrected chi connectivity index (χ3v) is 6.92. The molecule has 1 fully saturated rings. The van der Waals surface area contributed by atoms with Crippen LogP contribution in [0.25, 0.3) is 0 Å². The number of thiophene rings is 1. The molecule has 10 heteroatoms. The number of esters is 1. The summed E-state index contributed by atoms with van der Waals surface area (Å²) in [7, 11) is -3.76. The van der Waals surface area contributed by atoms with Gasteiger partial charge >= 0.3 is 5.97 Å². The number of hydrogen-bond donors (Lipinski definition) is 1. The van der Waals surface area contributed by atoms with E-state index in [0.29, 0.717) is 18.8 Å². The molecule has 0 radical (unpaired) electrons. The van der Waals surface area contributed by atoms with Crippen molar-refractivity contribution in [2.45, 2.75) is 17.7 Å². The van der Waals surface area contributed by atoms with Gasteiger partial charge in [0, 0.05) is 18.8 Å². The fraction of sp³-hybridized carbons (Fsp3) is 0.294. The fourth-order valence-corrected chi connectivity index (χ4v) is 5.44. The first-order valence-corrected chi connectivity index (χ1v) is 10.5. The van der Waals surface area contributed by atoms with Crippen molar-refractivity contribution in [3.63, 3.8) is 0 Å². The molecule has 3 rings (SSSR count). The average molecular weight is 412 g/mol. The van der Waals surface area contributed by atoms with Gasteiger partial charge in [-0.25, -0.2) is 17.6 Å². The van der Waals surface area contributed by atoms with Gasteiger partial charge in [0.15, 0.2) is 6.61 Å². The van der Waals surface area contributed by atoms with Crippen LogP contribution in [0.1, 0.15) is 22.5 Å². The Bertz CT molecular complexity index is 934. The number of nitrogens with zero attached hydrogens (tertiary/aromatic N) is 1. The third-order valence-electron chi connectivity index (χ3n) is 3.96. The Morgan fingerprint density at radius 3 is 2.48 bits per heavy atom. The number of benzene rings is 1. The largest absolute Gasteiger partial charge is 0.451 e. The highest BCUT2D eigenvalue weighted by atomic mass is 32.2.